The van der Waals surface area contributed by atoms with E-state index in [0.29, 0.717) is 25.2 Å². The number of nitro groups is 1. The zero-order valence-corrected chi connectivity index (χ0v) is 12.0. The zero-order valence-electron chi connectivity index (χ0n) is 12.0. The van der Waals surface area contributed by atoms with Crippen molar-refractivity contribution in [3.05, 3.63) is 34.4 Å². The molecule has 3 N–H and O–H groups in total. The molecule has 8 heteroatoms. The van der Waals surface area contributed by atoms with Crippen LogP contribution in [0.25, 0.3) is 0 Å². The summed E-state index contributed by atoms with van der Waals surface area (Å²) >= 11 is 0. The summed E-state index contributed by atoms with van der Waals surface area (Å²) in [7, 11) is 0. The van der Waals surface area contributed by atoms with Crippen LogP contribution in [0.5, 0.6) is 0 Å². The molecule has 8 nitrogen and oxygen atoms in total. The Morgan fingerprint density at radius 1 is 1.41 bits per heavy atom. The number of hydrogen-bond acceptors (Lipinski definition) is 5. The lowest BCUT2D eigenvalue weighted by Crippen LogP contribution is -2.46. The molecule has 0 aromatic heterocycles. The molecule has 0 radical (unpaired) electrons. The molecule has 22 heavy (non-hydrogen) atoms. The van der Waals surface area contributed by atoms with Gasteiger partial charge in [-0.15, -0.1) is 0 Å². The number of nitrogens with two attached hydrogens (primary N) is 1. The van der Waals surface area contributed by atoms with Crippen LogP contribution in [0.4, 0.5) is 11.4 Å². The number of carbonyl (C=O) groups excluding carboxylic acids is 2. The third-order valence-corrected chi connectivity index (χ3v) is 3.71. The standard InChI is InChI=1S/C14H18N4O4/c15-14(20)10-4-3-7-17(9-10)13(19)8-16-11-5-1-2-6-12(11)18(21)22/h1-2,5-6,10,16H,3-4,7-9H2,(H2,15,20)/t10-/m1/s1. The summed E-state index contributed by atoms with van der Waals surface area (Å²) < 4.78 is 0. The average Bonchev–Trinajstić information content (AvgIpc) is 2.52. The number of anilines is 1. The van der Waals surface area contributed by atoms with E-state index >= 15 is 0 Å². The van der Waals surface area contributed by atoms with Gasteiger partial charge in [-0.25, -0.2) is 0 Å². The number of nitrogens with zero attached hydrogens (tertiary/aromatic N) is 2. The molecule has 1 heterocycles. The van der Waals surface area contributed by atoms with Crippen LogP contribution in [0.2, 0.25) is 0 Å². The smallest absolute Gasteiger partial charge is 0.292 e. The number of nitrogens with one attached hydrogen (secondary N) is 1. The summed E-state index contributed by atoms with van der Waals surface area (Å²) in [5, 5.41) is 13.7. The number of hydrogen-bond donors (Lipinski definition) is 2. The first-order valence-corrected chi connectivity index (χ1v) is 7.03. The first-order chi connectivity index (χ1) is 10.5. The number of rotatable bonds is 5. The topological polar surface area (TPSA) is 119 Å². The van der Waals surface area contributed by atoms with Crippen LogP contribution in [0.15, 0.2) is 24.3 Å². The molecule has 0 aliphatic carbocycles. The molecule has 0 unspecified atom stereocenters. The molecule has 1 saturated heterocycles. The second kappa shape index (κ2) is 6.88. The van der Waals surface area contributed by atoms with Crippen LogP contribution < -0.4 is 11.1 Å². The minimum absolute atomic E-state index is 0.0592. The summed E-state index contributed by atoms with van der Waals surface area (Å²) in [6.45, 7) is 0.824. The highest BCUT2D eigenvalue weighted by Gasteiger charge is 2.27. The third-order valence-electron chi connectivity index (χ3n) is 3.71. The Bertz CT molecular complexity index is 590. The van der Waals surface area contributed by atoms with Gasteiger partial charge in [0.05, 0.1) is 17.4 Å². The Balaban J connectivity index is 1.95. The van der Waals surface area contributed by atoms with Gasteiger partial charge in [0.1, 0.15) is 5.69 Å². The predicted molar refractivity (Wildman–Crippen MR) is 80.1 cm³/mol. The van der Waals surface area contributed by atoms with Gasteiger partial charge in [0.15, 0.2) is 0 Å². The van der Waals surface area contributed by atoms with Crippen molar-refractivity contribution in [3.8, 4) is 0 Å². The number of benzene rings is 1. The van der Waals surface area contributed by atoms with E-state index < -0.39 is 10.8 Å². The van der Waals surface area contributed by atoms with E-state index in [1.807, 2.05) is 0 Å². The van der Waals surface area contributed by atoms with Crippen LogP contribution in [-0.4, -0.2) is 41.3 Å². The van der Waals surface area contributed by atoms with Crippen molar-refractivity contribution >= 4 is 23.2 Å². The van der Waals surface area contributed by atoms with Gasteiger partial charge in [0.2, 0.25) is 11.8 Å². The fraction of sp³-hybridized carbons (Fsp3) is 0.429. The number of amides is 2. The fourth-order valence-electron chi connectivity index (χ4n) is 2.50. The first kappa shape index (κ1) is 15.7. The first-order valence-electron chi connectivity index (χ1n) is 7.03. The molecular formula is C14H18N4O4. The number of primary amides is 1. The van der Waals surface area contributed by atoms with Crippen LogP contribution >= 0.6 is 0 Å². The molecule has 1 aliphatic rings. The second-order valence-corrected chi connectivity index (χ2v) is 5.21. The molecule has 1 aromatic carbocycles. The van der Waals surface area contributed by atoms with Crippen molar-refractivity contribution in [2.45, 2.75) is 12.8 Å². The lowest BCUT2D eigenvalue weighted by molar-refractivity contribution is -0.383. The third kappa shape index (κ3) is 3.72. The fourth-order valence-corrected chi connectivity index (χ4v) is 2.50. The minimum atomic E-state index is -0.503. The average molecular weight is 306 g/mol. The van der Waals surface area contributed by atoms with E-state index in [1.165, 1.54) is 6.07 Å². The largest absolute Gasteiger partial charge is 0.371 e. The van der Waals surface area contributed by atoms with Gasteiger partial charge in [-0.1, -0.05) is 12.1 Å². The number of carbonyl (C=O) groups is 2. The van der Waals surface area contributed by atoms with E-state index in [2.05, 4.69) is 5.32 Å². The summed E-state index contributed by atoms with van der Waals surface area (Å²) in [6, 6.07) is 6.14. The molecule has 2 amide bonds. The van der Waals surface area contributed by atoms with Crippen molar-refractivity contribution in [2.24, 2.45) is 11.7 Å². The lowest BCUT2D eigenvalue weighted by Gasteiger charge is -2.31. The van der Waals surface area contributed by atoms with Crippen molar-refractivity contribution < 1.29 is 14.5 Å². The summed E-state index contributed by atoms with van der Waals surface area (Å²) in [4.78, 5) is 35.3. The van der Waals surface area contributed by atoms with Crippen LogP contribution in [0, 0.1) is 16.0 Å². The number of para-hydroxylation sites is 2. The van der Waals surface area contributed by atoms with E-state index in [4.69, 9.17) is 5.73 Å². The molecule has 1 aromatic rings. The second-order valence-electron chi connectivity index (χ2n) is 5.21. The van der Waals surface area contributed by atoms with E-state index in [9.17, 15) is 19.7 Å². The van der Waals surface area contributed by atoms with Crippen LogP contribution in [-0.2, 0) is 9.59 Å². The molecular weight excluding hydrogens is 288 g/mol. The maximum Gasteiger partial charge on any atom is 0.292 e. The van der Waals surface area contributed by atoms with E-state index in [1.54, 1.807) is 23.1 Å². The van der Waals surface area contributed by atoms with Crippen molar-refractivity contribution in [3.63, 3.8) is 0 Å². The Hall–Kier alpha value is -2.64. The normalized spacial score (nSPS) is 17.8. The van der Waals surface area contributed by atoms with Crippen molar-refractivity contribution in [1.29, 1.82) is 0 Å². The van der Waals surface area contributed by atoms with Crippen LogP contribution in [0.3, 0.4) is 0 Å². The highest BCUT2D eigenvalue weighted by Crippen LogP contribution is 2.23. The Morgan fingerprint density at radius 3 is 2.82 bits per heavy atom. The minimum Gasteiger partial charge on any atom is -0.371 e. The van der Waals surface area contributed by atoms with Crippen molar-refractivity contribution in [1.82, 2.24) is 4.90 Å². The lowest BCUT2D eigenvalue weighted by atomic mass is 9.97. The van der Waals surface area contributed by atoms with E-state index in [-0.39, 0.29) is 24.1 Å². The summed E-state index contributed by atoms with van der Waals surface area (Å²) in [6.07, 6.45) is 1.42. The van der Waals surface area contributed by atoms with Gasteiger partial charge in [-0.05, 0) is 18.9 Å². The summed E-state index contributed by atoms with van der Waals surface area (Å²) in [5.41, 5.74) is 5.50. The zero-order chi connectivity index (χ0) is 16.1. The summed E-state index contributed by atoms with van der Waals surface area (Å²) in [5.74, 6) is -0.919. The number of piperidine rings is 1. The SMILES string of the molecule is NC(=O)[C@@H]1CCCN(C(=O)CNc2ccccc2[N+](=O)[O-])C1. The van der Waals surface area contributed by atoms with Gasteiger partial charge in [0, 0.05) is 19.2 Å². The molecule has 0 bridgehead atoms. The van der Waals surface area contributed by atoms with Gasteiger partial charge in [-0.2, -0.15) is 0 Å². The number of nitro benzene ring substituents is 1. The Kier molecular flexibility index (Phi) is 4.92. The maximum absolute atomic E-state index is 12.2. The van der Waals surface area contributed by atoms with Gasteiger partial charge >= 0.3 is 0 Å². The monoisotopic (exact) mass is 306 g/mol. The maximum atomic E-state index is 12.2. The Morgan fingerprint density at radius 2 is 2.14 bits per heavy atom. The highest BCUT2D eigenvalue weighted by atomic mass is 16.6. The molecule has 2 rings (SSSR count). The molecule has 0 saturated carbocycles. The Labute approximate surface area is 127 Å². The van der Waals surface area contributed by atoms with Gasteiger partial charge in [0.25, 0.3) is 5.69 Å². The quantitative estimate of drug-likeness (QED) is 0.614. The molecule has 1 aliphatic heterocycles. The highest BCUT2D eigenvalue weighted by molar-refractivity contribution is 5.83. The molecule has 1 fully saturated rings. The molecule has 118 valence electrons. The van der Waals surface area contributed by atoms with E-state index in [0.717, 1.165) is 6.42 Å². The van der Waals surface area contributed by atoms with Gasteiger partial charge < -0.3 is 16.0 Å². The van der Waals surface area contributed by atoms with Gasteiger partial charge in [-0.3, -0.25) is 19.7 Å². The number of likely N-dealkylation sites (tertiary alicyclic amines) is 1. The molecule has 1 atom stereocenters. The molecule has 0 spiro atoms. The van der Waals surface area contributed by atoms with Crippen LogP contribution in [0.1, 0.15) is 12.8 Å². The van der Waals surface area contributed by atoms with Crippen molar-refractivity contribution in [2.75, 3.05) is 25.0 Å². The predicted octanol–water partition coefficient (Wildman–Crippen LogP) is 0.731.